The molecule has 0 aliphatic carbocycles. The van der Waals surface area contributed by atoms with Crippen LogP contribution in [-0.2, 0) is 0 Å². The summed E-state index contributed by atoms with van der Waals surface area (Å²) in [5, 5.41) is 3.23. The van der Waals surface area contributed by atoms with Crippen LogP contribution in [0.2, 0.25) is 0 Å². The van der Waals surface area contributed by atoms with Crippen LogP contribution in [-0.4, -0.2) is 18.1 Å². The molecule has 4 rings (SSSR count). The number of aromatic nitrogens is 1. The monoisotopic (exact) mass is 306 g/mol. The molecular formula is C19H18N2S. The molecule has 0 radical (unpaired) electrons. The summed E-state index contributed by atoms with van der Waals surface area (Å²) in [4.78, 5) is 7.24. The van der Waals surface area contributed by atoms with Gasteiger partial charge in [-0.3, -0.25) is 0 Å². The van der Waals surface area contributed by atoms with Gasteiger partial charge in [0.2, 0.25) is 0 Å². The number of rotatable bonds is 3. The van der Waals surface area contributed by atoms with Gasteiger partial charge in [-0.15, -0.1) is 11.3 Å². The predicted octanol–water partition coefficient (Wildman–Crippen LogP) is 5.08. The highest BCUT2D eigenvalue weighted by molar-refractivity contribution is 7.13. The van der Waals surface area contributed by atoms with E-state index in [4.69, 9.17) is 4.98 Å². The Bertz CT molecular complexity index is 741. The Morgan fingerprint density at radius 1 is 0.818 bits per heavy atom. The van der Waals surface area contributed by atoms with Gasteiger partial charge in [-0.1, -0.05) is 42.5 Å². The molecule has 1 aliphatic rings. The van der Waals surface area contributed by atoms with Gasteiger partial charge >= 0.3 is 0 Å². The summed E-state index contributed by atoms with van der Waals surface area (Å²) in [6, 6.07) is 19.2. The first-order valence-corrected chi connectivity index (χ1v) is 8.64. The highest BCUT2D eigenvalue weighted by Crippen LogP contribution is 2.30. The largest absolute Gasteiger partial charge is 0.372 e. The third-order valence-corrected chi connectivity index (χ3v) is 5.05. The van der Waals surface area contributed by atoms with Gasteiger partial charge in [0.05, 0.1) is 5.69 Å². The average Bonchev–Trinajstić information content (AvgIpc) is 3.28. The molecule has 3 heteroatoms. The first-order valence-electron chi connectivity index (χ1n) is 7.76. The summed E-state index contributed by atoms with van der Waals surface area (Å²) >= 11 is 1.71. The average molecular weight is 306 g/mol. The van der Waals surface area contributed by atoms with Crippen molar-refractivity contribution in [3.05, 3.63) is 60.0 Å². The van der Waals surface area contributed by atoms with E-state index in [1.165, 1.54) is 42.7 Å². The number of benzene rings is 2. The standard InChI is InChI=1S/C19H18N2S/c1-2-6-16(7-3-1)19-20-18(14-22-19)15-8-10-17(11-9-15)21-12-4-5-13-21/h1-3,6-11,14H,4-5,12-13H2. The van der Waals surface area contributed by atoms with E-state index in [1.807, 2.05) is 6.07 Å². The summed E-state index contributed by atoms with van der Waals surface area (Å²) in [6.07, 6.45) is 2.63. The first kappa shape index (κ1) is 13.5. The smallest absolute Gasteiger partial charge is 0.124 e. The lowest BCUT2D eigenvalue weighted by molar-refractivity contribution is 0.949. The molecule has 2 aromatic carbocycles. The molecule has 0 saturated carbocycles. The summed E-state index contributed by atoms with van der Waals surface area (Å²) in [5.74, 6) is 0. The zero-order valence-corrected chi connectivity index (χ0v) is 13.2. The fraction of sp³-hybridized carbons (Fsp3) is 0.211. The van der Waals surface area contributed by atoms with E-state index in [2.05, 4.69) is 58.8 Å². The van der Waals surface area contributed by atoms with Crippen molar-refractivity contribution in [2.24, 2.45) is 0 Å². The third kappa shape index (κ3) is 2.64. The van der Waals surface area contributed by atoms with Crippen molar-refractivity contribution in [2.75, 3.05) is 18.0 Å². The van der Waals surface area contributed by atoms with Crippen molar-refractivity contribution in [1.29, 1.82) is 0 Å². The molecule has 3 aromatic rings. The number of hydrogen-bond acceptors (Lipinski definition) is 3. The molecule has 0 amide bonds. The molecule has 22 heavy (non-hydrogen) atoms. The fourth-order valence-corrected chi connectivity index (χ4v) is 3.77. The van der Waals surface area contributed by atoms with Gasteiger partial charge in [-0.25, -0.2) is 4.98 Å². The Hall–Kier alpha value is -2.13. The summed E-state index contributed by atoms with van der Waals surface area (Å²) in [5.41, 5.74) is 4.78. The van der Waals surface area contributed by atoms with Gasteiger partial charge in [0.15, 0.2) is 0 Å². The maximum absolute atomic E-state index is 4.78. The van der Waals surface area contributed by atoms with E-state index in [0.29, 0.717) is 0 Å². The Labute approximate surface area is 135 Å². The zero-order chi connectivity index (χ0) is 14.8. The number of anilines is 1. The SMILES string of the molecule is c1ccc(-c2nc(-c3ccc(N4CCCC4)cc3)cs2)cc1. The quantitative estimate of drug-likeness (QED) is 0.671. The van der Waals surface area contributed by atoms with E-state index in [9.17, 15) is 0 Å². The Kier molecular flexibility index (Phi) is 3.65. The van der Waals surface area contributed by atoms with Crippen molar-refractivity contribution in [1.82, 2.24) is 4.98 Å². The van der Waals surface area contributed by atoms with E-state index in [1.54, 1.807) is 11.3 Å². The lowest BCUT2D eigenvalue weighted by atomic mass is 10.1. The van der Waals surface area contributed by atoms with Crippen molar-refractivity contribution in [3.63, 3.8) is 0 Å². The van der Waals surface area contributed by atoms with Crippen LogP contribution in [0.15, 0.2) is 60.0 Å². The van der Waals surface area contributed by atoms with Crippen LogP contribution in [0.3, 0.4) is 0 Å². The molecule has 2 nitrogen and oxygen atoms in total. The predicted molar refractivity (Wildman–Crippen MR) is 94.4 cm³/mol. The number of hydrogen-bond donors (Lipinski definition) is 0. The second-order valence-corrected chi connectivity index (χ2v) is 6.50. The first-order chi connectivity index (χ1) is 10.9. The minimum Gasteiger partial charge on any atom is -0.372 e. The molecule has 0 bridgehead atoms. The molecule has 0 N–H and O–H groups in total. The maximum Gasteiger partial charge on any atom is 0.124 e. The van der Waals surface area contributed by atoms with Crippen LogP contribution in [0.1, 0.15) is 12.8 Å². The molecule has 1 saturated heterocycles. The van der Waals surface area contributed by atoms with Crippen LogP contribution < -0.4 is 4.90 Å². The topological polar surface area (TPSA) is 16.1 Å². The molecule has 1 aromatic heterocycles. The van der Waals surface area contributed by atoms with Crippen LogP contribution in [0.5, 0.6) is 0 Å². The Morgan fingerprint density at radius 2 is 1.55 bits per heavy atom. The molecule has 110 valence electrons. The molecule has 1 aliphatic heterocycles. The Balaban J connectivity index is 1.58. The van der Waals surface area contributed by atoms with Crippen LogP contribution in [0, 0.1) is 0 Å². The van der Waals surface area contributed by atoms with Crippen LogP contribution in [0.4, 0.5) is 5.69 Å². The number of thiazole rings is 1. The third-order valence-electron chi connectivity index (χ3n) is 4.16. The fourth-order valence-electron chi connectivity index (χ4n) is 2.94. The lowest BCUT2D eigenvalue weighted by Crippen LogP contribution is -2.17. The normalized spacial score (nSPS) is 14.5. The van der Waals surface area contributed by atoms with Gasteiger partial charge in [0.1, 0.15) is 5.01 Å². The van der Waals surface area contributed by atoms with Crippen LogP contribution >= 0.6 is 11.3 Å². The van der Waals surface area contributed by atoms with Gasteiger partial charge < -0.3 is 4.90 Å². The van der Waals surface area contributed by atoms with E-state index >= 15 is 0 Å². The van der Waals surface area contributed by atoms with Crippen molar-refractivity contribution in [2.45, 2.75) is 12.8 Å². The zero-order valence-electron chi connectivity index (χ0n) is 12.4. The van der Waals surface area contributed by atoms with Crippen molar-refractivity contribution < 1.29 is 0 Å². The van der Waals surface area contributed by atoms with Crippen molar-refractivity contribution in [3.8, 4) is 21.8 Å². The van der Waals surface area contributed by atoms with Gasteiger partial charge in [0.25, 0.3) is 0 Å². The van der Waals surface area contributed by atoms with Crippen molar-refractivity contribution >= 4 is 17.0 Å². The highest BCUT2D eigenvalue weighted by Gasteiger charge is 2.12. The second-order valence-electron chi connectivity index (χ2n) is 5.64. The summed E-state index contributed by atoms with van der Waals surface area (Å²) in [6.45, 7) is 2.38. The second kappa shape index (κ2) is 5.93. The summed E-state index contributed by atoms with van der Waals surface area (Å²) < 4.78 is 0. The van der Waals surface area contributed by atoms with Crippen LogP contribution in [0.25, 0.3) is 21.8 Å². The van der Waals surface area contributed by atoms with Gasteiger partial charge in [-0.05, 0) is 25.0 Å². The maximum atomic E-state index is 4.78. The minimum atomic E-state index is 1.07. The van der Waals surface area contributed by atoms with E-state index in [0.717, 1.165) is 10.7 Å². The van der Waals surface area contributed by atoms with E-state index in [-0.39, 0.29) is 0 Å². The summed E-state index contributed by atoms with van der Waals surface area (Å²) in [7, 11) is 0. The molecule has 2 heterocycles. The molecule has 0 spiro atoms. The lowest BCUT2D eigenvalue weighted by Gasteiger charge is -2.17. The molecule has 0 atom stereocenters. The molecule has 0 unspecified atom stereocenters. The number of nitrogens with zero attached hydrogens (tertiary/aromatic N) is 2. The van der Waals surface area contributed by atoms with Gasteiger partial charge in [0, 0.05) is 35.3 Å². The Morgan fingerprint density at radius 3 is 2.27 bits per heavy atom. The van der Waals surface area contributed by atoms with Gasteiger partial charge in [-0.2, -0.15) is 0 Å². The molecular weight excluding hydrogens is 288 g/mol. The minimum absolute atomic E-state index is 1.07. The highest BCUT2D eigenvalue weighted by atomic mass is 32.1. The van der Waals surface area contributed by atoms with E-state index < -0.39 is 0 Å². The molecule has 1 fully saturated rings.